The van der Waals surface area contributed by atoms with Crippen LogP contribution in [-0.2, 0) is 13.1 Å². The molecule has 0 aliphatic rings. The van der Waals surface area contributed by atoms with Crippen molar-refractivity contribution in [1.82, 2.24) is 14.1 Å². The van der Waals surface area contributed by atoms with Crippen LogP contribution in [0.5, 0.6) is 0 Å². The largest absolute Gasteiger partial charge is 0.328 e. The number of nitrogens with zero attached hydrogens (tertiary/aromatic N) is 3. The molecule has 0 bridgehead atoms. The zero-order valence-electron chi connectivity index (χ0n) is 16.2. The Morgan fingerprint density at radius 3 is 2.24 bits per heavy atom. The minimum absolute atomic E-state index is 0.0161. The second kappa shape index (κ2) is 7.68. The summed E-state index contributed by atoms with van der Waals surface area (Å²) in [5.41, 5.74) is 3.82. The summed E-state index contributed by atoms with van der Waals surface area (Å²) in [6.07, 6.45) is 3.54. The molecule has 0 atom stereocenters. The molecule has 0 saturated carbocycles. The molecule has 0 aliphatic heterocycles. The van der Waals surface area contributed by atoms with Gasteiger partial charge >= 0.3 is 0 Å². The predicted octanol–water partition coefficient (Wildman–Crippen LogP) is 4.46. The van der Waals surface area contributed by atoms with Crippen LogP contribution in [0.4, 0.5) is 0 Å². The maximum Gasteiger partial charge on any atom is 0.263 e. The minimum Gasteiger partial charge on any atom is -0.328 e. The molecule has 0 aliphatic carbocycles. The first-order chi connectivity index (χ1) is 14.0. The van der Waals surface area contributed by atoms with Crippen LogP contribution in [0, 0.1) is 6.92 Å². The molecule has 2 aromatic carbocycles. The highest BCUT2D eigenvalue weighted by atomic mass is 35.5. The summed E-state index contributed by atoms with van der Waals surface area (Å²) in [5.74, 6) is -0.0442. The van der Waals surface area contributed by atoms with Crippen LogP contribution in [0.3, 0.4) is 0 Å². The predicted molar refractivity (Wildman–Crippen MR) is 115 cm³/mol. The van der Waals surface area contributed by atoms with E-state index in [4.69, 9.17) is 11.6 Å². The topological polar surface area (TPSA) is 56.9 Å². The van der Waals surface area contributed by atoms with Crippen molar-refractivity contribution in [3.63, 3.8) is 0 Å². The van der Waals surface area contributed by atoms with E-state index in [1.54, 1.807) is 35.2 Å². The van der Waals surface area contributed by atoms with Crippen LogP contribution in [0.25, 0.3) is 11.0 Å². The molecule has 29 heavy (non-hydrogen) atoms. The van der Waals surface area contributed by atoms with E-state index >= 15 is 0 Å². The van der Waals surface area contributed by atoms with Gasteiger partial charge in [0.25, 0.3) is 5.56 Å². The van der Waals surface area contributed by atoms with E-state index in [-0.39, 0.29) is 11.3 Å². The molecular formula is C23H20ClN3O2. The van der Waals surface area contributed by atoms with Gasteiger partial charge in [-0.25, -0.2) is 4.98 Å². The van der Waals surface area contributed by atoms with Gasteiger partial charge < -0.3 is 4.57 Å². The Hall–Kier alpha value is -3.18. The molecule has 0 unspecified atom stereocenters. The monoisotopic (exact) mass is 405 g/mol. The number of carbonyl (C=O) groups is 1. The first-order valence-electron chi connectivity index (χ1n) is 9.42. The fourth-order valence-electron chi connectivity index (χ4n) is 3.47. The Balaban J connectivity index is 1.61. The molecule has 0 radical (unpaired) electrons. The van der Waals surface area contributed by atoms with Gasteiger partial charge in [0.1, 0.15) is 5.65 Å². The van der Waals surface area contributed by atoms with Gasteiger partial charge in [-0.3, -0.25) is 14.2 Å². The number of benzene rings is 2. The normalized spacial score (nSPS) is 11.1. The molecule has 0 amide bonds. The van der Waals surface area contributed by atoms with E-state index in [0.717, 1.165) is 11.1 Å². The van der Waals surface area contributed by atoms with Gasteiger partial charge in [-0.1, -0.05) is 35.9 Å². The number of hydrogen-bond donors (Lipinski definition) is 0. The molecule has 2 aromatic heterocycles. The molecule has 0 saturated heterocycles. The van der Waals surface area contributed by atoms with Gasteiger partial charge in [0, 0.05) is 35.4 Å². The summed E-state index contributed by atoms with van der Waals surface area (Å²) in [6.45, 7) is 5.02. The molecule has 0 fully saturated rings. The van der Waals surface area contributed by atoms with Crippen molar-refractivity contribution in [3.05, 3.63) is 98.7 Å². The molecular weight excluding hydrogens is 386 g/mol. The Morgan fingerprint density at radius 2 is 1.62 bits per heavy atom. The highest BCUT2D eigenvalue weighted by Crippen LogP contribution is 2.18. The molecule has 0 spiro atoms. The summed E-state index contributed by atoms with van der Waals surface area (Å²) in [6, 6.07) is 14.4. The Kier molecular flexibility index (Phi) is 5.07. The lowest BCUT2D eigenvalue weighted by Gasteiger charge is -2.07. The number of hydrogen-bond acceptors (Lipinski definition) is 3. The van der Waals surface area contributed by atoms with Gasteiger partial charge in [-0.15, -0.1) is 0 Å². The van der Waals surface area contributed by atoms with E-state index in [9.17, 15) is 9.59 Å². The summed E-state index contributed by atoms with van der Waals surface area (Å²) in [5, 5.41) is 1.26. The van der Waals surface area contributed by atoms with E-state index in [1.807, 2.05) is 48.9 Å². The number of rotatable bonds is 5. The van der Waals surface area contributed by atoms with Crippen LogP contribution in [0.15, 0.2) is 65.8 Å². The Labute approximate surface area is 173 Å². The average molecular weight is 406 g/mol. The summed E-state index contributed by atoms with van der Waals surface area (Å²) in [7, 11) is 0. The highest BCUT2D eigenvalue weighted by Gasteiger charge is 2.13. The summed E-state index contributed by atoms with van der Waals surface area (Å²) >= 11 is 5.89. The number of aryl methyl sites for hydroxylation is 2. The fraction of sp³-hybridized carbons (Fsp3) is 0.174. The van der Waals surface area contributed by atoms with Crippen molar-refractivity contribution in [2.75, 3.05) is 0 Å². The third-order valence-electron chi connectivity index (χ3n) is 5.05. The smallest absolute Gasteiger partial charge is 0.263 e. The van der Waals surface area contributed by atoms with E-state index < -0.39 is 0 Å². The quantitative estimate of drug-likeness (QED) is 0.460. The average Bonchev–Trinajstić information content (AvgIpc) is 3.05. The zero-order valence-corrected chi connectivity index (χ0v) is 17.0. The van der Waals surface area contributed by atoms with Crippen LogP contribution >= 0.6 is 11.6 Å². The fourth-order valence-corrected chi connectivity index (χ4v) is 3.60. The minimum atomic E-state index is -0.0442. The standard InChI is InChI=1S/C23H20ClN3O2/c1-3-26-14-25-22-20(23(26)29)15(2)12-27(22)13-16-4-6-17(7-5-16)21(28)18-8-10-19(24)11-9-18/h4-12,14H,3,13H2,1-2H3. The van der Waals surface area contributed by atoms with Gasteiger partial charge in [0.15, 0.2) is 5.78 Å². The number of carbonyl (C=O) groups excluding carboxylic acids is 1. The second-order valence-electron chi connectivity index (χ2n) is 7.01. The Morgan fingerprint density at radius 1 is 1.00 bits per heavy atom. The van der Waals surface area contributed by atoms with Crippen molar-refractivity contribution < 1.29 is 4.79 Å². The van der Waals surface area contributed by atoms with E-state index in [1.165, 1.54) is 0 Å². The molecule has 4 rings (SSSR count). The van der Waals surface area contributed by atoms with Crippen LogP contribution in [0.2, 0.25) is 5.02 Å². The lowest BCUT2D eigenvalue weighted by atomic mass is 10.0. The van der Waals surface area contributed by atoms with Crippen molar-refractivity contribution in [2.45, 2.75) is 26.9 Å². The SMILES string of the molecule is CCn1cnc2c(c(C)cn2Cc2ccc(C(=O)c3ccc(Cl)cc3)cc2)c1=O. The molecule has 6 heteroatoms. The number of ketones is 1. The first kappa shape index (κ1) is 19.2. The van der Waals surface area contributed by atoms with Crippen LogP contribution < -0.4 is 5.56 Å². The lowest BCUT2D eigenvalue weighted by molar-refractivity contribution is 0.103. The van der Waals surface area contributed by atoms with Crippen molar-refractivity contribution in [1.29, 1.82) is 0 Å². The Bertz CT molecular complexity index is 1250. The van der Waals surface area contributed by atoms with Crippen LogP contribution in [-0.4, -0.2) is 19.9 Å². The molecule has 4 aromatic rings. The number of halogens is 1. The third-order valence-corrected chi connectivity index (χ3v) is 5.30. The molecule has 0 N–H and O–H groups in total. The molecule has 146 valence electrons. The van der Waals surface area contributed by atoms with Crippen molar-refractivity contribution >= 4 is 28.4 Å². The first-order valence-corrected chi connectivity index (χ1v) is 9.80. The molecule has 5 nitrogen and oxygen atoms in total. The van der Waals surface area contributed by atoms with Gasteiger partial charge in [-0.2, -0.15) is 0 Å². The zero-order chi connectivity index (χ0) is 20.5. The third kappa shape index (κ3) is 3.61. The highest BCUT2D eigenvalue weighted by molar-refractivity contribution is 6.30. The lowest BCUT2D eigenvalue weighted by Crippen LogP contribution is -2.20. The van der Waals surface area contributed by atoms with Gasteiger partial charge in [0.05, 0.1) is 11.7 Å². The summed E-state index contributed by atoms with van der Waals surface area (Å²) in [4.78, 5) is 29.7. The maximum absolute atomic E-state index is 12.6. The molecule has 2 heterocycles. The van der Waals surface area contributed by atoms with Crippen molar-refractivity contribution in [2.24, 2.45) is 0 Å². The van der Waals surface area contributed by atoms with Gasteiger partial charge in [-0.05, 0) is 49.2 Å². The maximum atomic E-state index is 12.6. The van der Waals surface area contributed by atoms with Gasteiger partial charge in [0.2, 0.25) is 0 Å². The summed E-state index contributed by atoms with van der Waals surface area (Å²) < 4.78 is 3.58. The van der Waals surface area contributed by atoms with E-state index in [2.05, 4.69) is 4.98 Å². The number of fused-ring (bicyclic) bond motifs is 1. The van der Waals surface area contributed by atoms with E-state index in [0.29, 0.717) is 40.3 Å². The van der Waals surface area contributed by atoms with Crippen molar-refractivity contribution in [3.8, 4) is 0 Å². The second-order valence-corrected chi connectivity index (χ2v) is 7.44. The number of aromatic nitrogens is 3. The van der Waals surface area contributed by atoms with Crippen LogP contribution in [0.1, 0.15) is 34.0 Å².